The second-order valence-corrected chi connectivity index (χ2v) is 16.4. The van der Waals surface area contributed by atoms with Crippen molar-refractivity contribution < 1.29 is 65.8 Å². The Morgan fingerprint density at radius 2 is 1.51 bits per heavy atom. The van der Waals surface area contributed by atoms with Crippen molar-refractivity contribution in [3.63, 3.8) is 0 Å². The summed E-state index contributed by atoms with van der Waals surface area (Å²) < 4.78 is 87.6. The van der Waals surface area contributed by atoms with Gasteiger partial charge in [-0.2, -0.15) is 13.2 Å². The highest BCUT2D eigenvalue weighted by atomic mass is 32.2. The highest BCUT2D eigenvalue weighted by molar-refractivity contribution is 7.89. The SMILES string of the molecule is CCCCCCCCCCC(=O)N[C@@H]1[C@H](O[C@@H]2O[C@H](CO)[C@@H](O)[C@H](O)[C@H]2NS(=O)(=O)c2ccc(C)cc2)[C@@H](NC(=O)Cc2cccc(C(F)(F)F)c2)CO[C@@H]1CO. The van der Waals surface area contributed by atoms with E-state index >= 15 is 0 Å². The van der Waals surface area contributed by atoms with Gasteiger partial charge in [0, 0.05) is 6.42 Å². The molecule has 0 unspecified atom stereocenters. The first kappa shape index (κ1) is 46.5. The van der Waals surface area contributed by atoms with Gasteiger partial charge in [-0.1, -0.05) is 87.8 Å². The molecule has 0 aliphatic carbocycles. The molecule has 0 spiro atoms. The third-order valence-corrected chi connectivity index (χ3v) is 11.6. The van der Waals surface area contributed by atoms with E-state index in [4.69, 9.17) is 14.2 Å². The quantitative estimate of drug-likeness (QED) is 0.0965. The van der Waals surface area contributed by atoms with Crippen molar-refractivity contribution in [3.8, 4) is 0 Å². The van der Waals surface area contributed by atoms with Crippen molar-refractivity contribution in [2.45, 2.75) is 144 Å². The number of carbonyl (C=O) groups is 2. The summed E-state index contributed by atoms with van der Waals surface area (Å²) in [4.78, 5) is 26.6. The summed E-state index contributed by atoms with van der Waals surface area (Å²) in [6.45, 7) is 2.10. The molecule has 0 bridgehead atoms. The topological polar surface area (TPSA) is 213 Å². The van der Waals surface area contributed by atoms with Gasteiger partial charge >= 0.3 is 6.18 Å². The van der Waals surface area contributed by atoms with Crippen molar-refractivity contribution in [2.24, 2.45) is 0 Å². The number of hydrogen-bond acceptors (Lipinski definition) is 11. The van der Waals surface area contributed by atoms with Crippen molar-refractivity contribution in [1.82, 2.24) is 15.4 Å². The second-order valence-electron chi connectivity index (χ2n) is 14.7. The molecule has 2 aliphatic rings. The number of amides is 2. The van der Waals surface area contributed by atoms with Crippen LogP contribution in [-0.2, 0) is 46.4 Å². The van der Waals surface area contributed by atoms with Crippen LogP contribution < -0.4 is 15.4 Å². The van der Waals surface area contributed by atoms with Gasteiger partial charge in [-0.25, -0.2) is 13.1 Å². The van der Waals surface area contributed by atoms with Crippen LogP contribution in [0.25, 0.3) is 0 Å². The first-order valence-corrected chi connectivity index (χ1v) is 20.9. The Morgan fingerprint density at radius 3 is 2.14 bits per heavy atom. The molecule has 7 N–H and O–H groups in total. The smallest absolute Gasteiger partial charge is 0.394 e. The van der Waals surface area contributed by atoms with E-state index in [1.54, 1.807) is 19.1 Å². The number of halogens is 3. The molecule has 57 heavy (non-hydrogen) atoms. The van der Waals surface area contributed by atoms with Gasteiger partial charge in [-0.05, 0) is 37.1 Å². The van der Waals surface area contributed by atoms with Gasteiger partial charge in [-0.15, -0.1) is 0 Å². The van der Waals surface area contributed by atoms with Gasteiger partial charge in [0.2, 0.25) is 21.8 Å². The number of nitrogens with one attached hydrogen (secondary N) is 3. The van der Waals surface area contributed by atoms with Crippen molar-refractivity contribution in [3.05, 3.63) is 65.2 Å². The number of aliphatic hydroxyl groups is 4. The van der Waals surface area contributed by atoms with Gasteiger partial charge in [0.05, 0.1) is 48.8 Å². The molecule has 2 saturated heterocycles. The van der Waals surface area contributed by atoms with Crippen LogP contribution >= 0.6 is 0 Å². The minimum Gasteiger partial charge on any atom is -0.394 e. The summed E-state index contributed by atoms with van der Waals surface area (Å²) in [6.07, 6.45) is -6.63. The van der Waals surface area contributed by atoms with Gasteiger partial charge in [0.25, 0.3) is 0 Å². The number of aryl methyl sites for hydroxylation is 1. The van der Waals surface area contributed by atoms with Crippen molar-refractivity contribution in [2.75, 3.05) is 19.8 Å². The highest BCUT2D eigenvalue weighted by Crippen LogP contribution is 2.31. The zero-order valence-electron chi connectivity index (χ0n) is 32.2. The first-order chi connectivity index (χ1) is 27.1. The fourth-order valence-corrected chi connectivity index (χ4v) is 8.19. The van der Waals surface area contributed by atoms with E-state index in [2.05, 4.69) is 22.3 Å². The van der Waals surface area contributed by atoms with Gasteiger partial charge < -0.3 is 45.3 Å². The molecule has 320 valence electrons. The summed E-state index contributed by atoms with van der Waals surface area (Å²) >= 11 is 0. The van der Waals surface area contributed by atoms with Crippen LogP contribution in [0.4, 0.5) is 13.2 Å². The van der Waals surface area contributed by atoms with Crippen LogP contribution in [0.15, 0.2) is 53.4 Å². The van der Waals surface area contributed by atoms with Crippen LogP contribution in [0.1, 0.15) is 81.4 Å². The maximum atomic E-state index is 13.5. The molecule has 2 heterocycles. The fourth-order valence-electron chi connectivity index (χ4n) is 6.95. The van der Waals surface area contributed by atoms with E-state index in [0.29, 0.717) is 6.42 Å². The molecule has 2 fully saturated rings. The number of hydrogen-bond donors (Lipinski definition) is 7. The molecule has 2 amide bonds. The molecule has 14 nitrogen and oxygen atoms in total. The minimum absolute atomic E-state index is 0.0454. The minimum atomic E-state index is -4.65. The largest absolute Gasteiger partial charge is 0.416 e. The second kappa shape index (κ2) is 21.7. The number of benzene rings is 2. The number of sulfonamides is 1. The third kappa shape index (κ3) is 13.4. The zero-order chi connectivity index (χ0) is 41.8. The molecule has 2 aromatic rings. The molecule has 2 aromatic carbocycles. The van der Waals surface area contributed by atoms with Crippen LogP contribution in [0.2, 0.25) is 0 Å². The van der Waals surface area contributed by atoms with E-state index in [0.717, 1.165) is 56.2 Å². The lowest BCUT2D eigenvalue weighted by molar-refractivity contribution is -0.293. The predicted octanol–water partition coefficient (Wildman–Crippen LogP) is 2.62. The first-order valence-electron chi connectivity index (χ1n) is 19.4. The molecule has 0 saturated carbocycles. The fraction of sp³-hybridized carbons (Fsp3) is 0.641. The summed E-state index contributed by atoms with van der Waals surface area (Å²) in [5.41, 5.74) is -0.135. The Balaban J connectivity index is 1.61. The molecule has 4 rings (SSSR count). The number of ether oxygens (including phenoxy) is 3. The Hall–Kier alpha value is -3.20. The van der Waals surface area contributed by atoms with Gasteiger partial charge in [0.1, 0.15) is 36.6 Å². The maximum Gasteiger partial charge on any atom is 0.416 e. The average Bonchev–Trinajstić information content (AvgIpc) is 3.16. The Bertz CT molecular complexity index is 1690. The molecule has 0 aromatic heterocycles. The summed E-state index contributed by atoms with van der Waals surface area (Å²) in [6, 6.07) is 5.85. The molecule has 18 heteroatoms. The molecule has 0 radical (unpaired) electrons. The van der Waals surface area contributed by atoms with Crippen LogP contribution in [-0.4, -0.2) is 115 Å². The zero-order valence-corrected chi connectivity index (χ0v) is 33.0. The normalized spacial score (nSPS) is 26.9. The van der Waals surface area contributed by atoms with Crippen LogP contribution in [0.5, 0.6) is 0 Å². The predicted molar refractivity (Wildman–Crippen MR) is 201 cm³/mol. The van der Waals surface area contributed by atoms with E-state index in [9.17, 15) is 51.6 Å². The Labute approximate surface area is 331 Å². The number of rotatable bonds is 20. The number of aliphatic hydroxyl groups excluding tert-OH is 4. The van der Waals surface area contributed by atoms with Gasteiger partial charge in [0.15, 0.2) is 6.29 Å². The molecule has 2 aliphatic heterocycles. The lowest BCUT2D eigenvalue weighted by atomic mass is 9.93. The van der Waals surface area contributed by atoms with E-state index in [-0.39, 0.29) is 23.5 Å². The maximum absolute atomic E-state index is 13.5. The molecular formula is C39H56F3N3O11S. The standard InChI is InChI=1S/C39H56F3N3O11S/c1-3-4-5-6-7-8-9-10-14-31(48)44-33-29(21-46)54-23-28(43-32(49)20-25-12-11-13-26(19-25)39(40,41)42)37(33)56-38-34(36(51)35(50)30(22-47)55-38)45-57(52,53)27-17-15-24(2)16-18-27/h11-13,15-19,28-30,33-38,45-47,50-51H,3-10,14,20-23H2,1-2H3,(H,43,49)(H,44,48)/t28-,29+,30+,33-,34+,35+,36+,37+,38-/m0/s1. The summed E-state index contributed by atoms with van der Waals surface area (Å²) in [7, 11) is -4.41. The van der Waals surface area contributed by atoms with Gasteiger partial charge in [-0.3, -0.25) is 9.59 Å². The van der Waals surface area contributed by atoms with Crippen LogP contribution in [0.3, 0.4) is 0 Å². The average molecular weight is 832 g/mol. The lowest BCUT2D eigenvalue weighted by Crippen LogP contribution is -2.70. The number of unbranched alkanes of at least 4 members (excludes halogenated alkanes) is 7. The monoisotopic (exact) mass is 831 g/mol. The highest BCUT2D eigenvalue weighted by Gasteiger charge is 2.51. The number of alkyl halides is 3. The lowest BCUT2D eigenvalue weighted by Gasteiger charge is -2.47. The molecular weight excluding hydrogens is 776 g/mol. The van der Waals surface area contributed by atoms with Crippen LogP contribution in [0, 0.1) is 6.92 Å². The summed E-state index contributed by atoms with van der Waals surface area (Å²) in [5, 5.41) is 47.9. The van der Waals surface area contributed by atoms with Crippen molar-refractivity contribution >= 4 is 21.8 Å². The Kier molecular flexibility index (Phi) is 17.7. The molecule has 9 atom stereocenters. The number of carbonyl (C=O) groups excluding carboxylic acids is 2. The van der Waals surface area contributed by atoms with E-state index in [1.165, 1.54) is 30.7 Å². The van der Waals surface area contributed by atoms with E-state index < -0.39 is 108 Å². The van der Waals surface area contributed by atoms with Crippen molar-refractivity contribution in [1.29, 1.82) is 0 Å². The van der Waals surface area contributed by atoms with E-state index in [1.807, 2.05) is 0 Å². The summed E-state index contributed by atoms with van der Waals surface area (Å²) in [5.74, 6) is -1.20. The third-order valence-electron chi connectivity index (χ3n) is 10.2. The Morgan fingerprint density at radius 1 is 0.860 bits per heavy atom.